The van der Waals surface area contributed by atoms with Gasteiger partial charge in [-0.1, -0.05) is 18.2 Å². The van der Waals surface area contributed by atoms with Crippen LogP contribution in [-0.2, 0) is 17.6 Å². The molecule has 2 rings (SSSR count). The number of primary amides is 1. The van der Waals surface area contributed by atoms with Crippen LogP contribution in [0.1, 0.15) is 17.5 Å². The van der Waals surface area contributed by atoms with E-state index >= 15 is 0 Å². The maximum absolute atomic E-state index is 10.9. The van der Waals surface area contributed by atoms with E-state index < -0.39 is 5.91 Å². The number of aromatic hydroxyl groups is 1. The number of aryl methyl sites for hydroxylation is 1. The summed E-state index contributed by atoms with van der Waals surface area (Å²) in [6.07, 6.45) is 2.09. The fourth-order valence-corrected chi connectivity index (χ4v) is 2.60. The fraction of sp³-hybridized carbons (Fsp3) is 0.350. The van der Waals surface area contributed by atoms with Gasteiger partial charge in [0, 0.05) is 6.54 Å². The van der Waals surface area contributed by atoms with E-state index in [1.807, 2.05) is 18.2 Å². The summed E-state index contributed by atoms with van der Waals surface area (Å²) in [7, 11) is 1.67. The standard InChI is InChI=1S/C20H26N2O4/c1-25-17-6-2-4-15(12-17)5-3-9-22-10-11-26-19-8-7-16(13-18(19)23)14-20(21)24/h2,4,6-8,12-13,22-23H,3,5,9-11,14H2,1H3,(H2,21,24). The zero-order chi connectivity index (χ0) is 18.8. The number of hydrogen-bond acceptors (Lipinski definition) is 5. The summed E-state index contributed by atoms with van der Waals surface area (Å²) < 4.78 is 10.8. The Morgan fingerprint density at radius 1 is 1.15 bits per heavy atom. The van der Waals surface area contributed by atoms with E-state index in [1.165, 1.54) is 11.6 Å². The van der Waals surface area contributed by atoms with Gasteiger partial charge in [0.25, 0.3) is 0 Å². The SMILES string of the molecule is COc1cccc(CCCNCCOc2ccc(CC(N)=O)cc2O)c1. The molecule has 0 fully saturated rings. The van der Waals surface area contributed by atoms with Crippen LogP contribution in [0.15, 0.2) is 42.5 Å². The van der Waals surface area contributed by atoms with Gasteiger partial charge in [0.05, 0.1) is 13.5 Å². The van der Waals surface area contributed by atoms with Gasteiger partial charge in [0.2, 0.25) is 5.91 Å². The molecule has 0 bridgehead atoms. The molecule has 0 atom stereocenters. The van der Waals surface area contributed by atoms with E-state index in [1.54, 1.807) is 19.2 Å². The van der Waals surface area contributed by atoms with Gasteiger partial charge in [-0.05, 0) is 54.8 Å². The van der Waals surface area contributed by atoms with Crippen LogP contribution in [0.5, 0.6) is 17.2 Å². The predicted molar refractivity (Wildman–Crippen MR) is 101 cm³/mol. The number of nitrogens with one attached hydrogen (secondary N) is 1. The quantitative estimate of drug-likeness (QED) is 0.535. The minimum atomic E-state index is -0.434. The van der Waals surface area contributed by atoms with Gasteiger partial charge in [-0.25, -0.2) is 0 Å². The van der Waals surface area contributed by atoms with Crippen molar-refractivity contribution < 1.29 is 19.4 Å². The summed E-state index contributed by atoms with van der Waals surface area (Å²) in [5.74, 6) is 0.861. The molecule has 6 heteroatoms. The number of carbonyl (C=O) groups excluding carboxylic acids is 1. The Hall–Kier alpha value is -2.73. The normalized spacial score (nSPS) is 10.5. The monoisotopic (exact) mass is 358 g/mol. The van der Waals surface area contributed by atoms with Crippen LogP contribution in [0, 0.1) is 0 Å². The molecule has 0 unspecified atom stereocenters. The highest BCUT2D eigenvalue weighted by molar-refractivity contribution is 5.76. The van der Waals surface area contributed by atoms with Crippen molar-refractivity contribution in [3.05, 3.63) is 53.6 Å². The molecule has 140 valence electrons. The number of phenolic OH excluding ortho intramolecular Hbond substituents is 1. The van der Waals surface area contributed by atoms with Crippen molar-refractivity contribution in [1.29, 1.82) is 0 Å². The first-order valence-electron chi connectivity index (χ1n) is 8.65. The summed E-state index contributed by atoms with van der Waals surface area (Å²) >= 11 is 0. The molecule has 0 aliphatic heterocycles. The number of hydrogen-bond donors (Lipinski definition) is 3. The number of methoxy groups -OCH3 is 1. The predicted octanol–water partition coefficient (Wildman–Crippen LogP) is 2.03. The smallest absolute Gasteiger partial charge is 0.221 e. The van der Waals surface area contributed by atoms with Gasteiger partial charge in [-0.15, -0.1) is 0 Å². The third-order valence-corrected chi connectivity index (χ3v) is 3.89. The highest BCUT2D eigenvalue weighted by atomic mass is 16.5. The first-order valence-corrected chi connectivity index (χ1v) is 8.65. The van der Waals surface area contributed by atoms with Gasteiger partial charge in [-0.2, -0.15) is 0 Å². The zero-order valence-corrected chi connectivity index (χ0v) is 15.0. The molecule has 2 aromatic carbocycles. The van der Waals surface area contributed by atoms with Crippen molar-refractivity contribution in [2.75, 3.05) is 26.8 Å². The maximum atomic E-state index is 10.9. The van der Waals surface area contributed by atoms with E-state index in [4.69, 9.17) is 15.2 Å². The second kappa shape index (κ2) is 10.3. The van der Waals surface area contributed by atoms with E-state index in [0.29, 0.717) is 24.5 Å². The number of rotatable bonds is 11. The topological polar surface area (TPSA) is 93.8 Å². The number of benzene rings is 2. The Bertz CT molecular complexity index is 719. The molecule has 0 radical (unpaired) electrons. The number of amides is 1. The molecule has 26 heavy (non-hydrogen) atoms. The minimum Gasteiger partial charge on any atom is -0.504 e. The summed E-state index contributed by atoms with van der Waals surface area (Å²) in [4.78, 5) is 10.9. The minimum absolute atomic E-state index is 0.0155. The molecule has 0 spiro atoms. The number of nitrogens with two attached hydrogens (primary N) is 1. The molecule has 0 aliphatic rings. The van der Waals surface area contributed by atoms with Crippen LogP contribution < -0.4 is 20.5 Å². The van der Waals surface area contributed by atoms with Crippen molar-refractivity contribution >= 4 is 5.91 Å². The lowest BCUT2D eigenvalue weighted by Crippen LogP contribution is -2.22. The molecule has 6 nitrogen and oxygen atoms in total. The summed E-state index contributed by atoms with van der Waals surface area (Å²) in [6, 6.07) is 13.0. The Morgan fingerprint density at radius 2 is 2.00 bits per heavy atom. The first-order chi connectivity index (χ1) is 12.6. The molecule has 4 N–H and O–H groups in total. The molecule has 0 aromatic heterocycles. The van der Waals surface area contributed by atoms with E-state index in [0.717, 1.165) is 25.1 Å². The maximum Gasteiger partial charge on any atom is 0.221 e. The Balaban J connectivity index is 1.62. The van der Waals surface area contributed by atoms with Crippen molar-refractivity contribution in [3.8, 4) is 17.2 Å². The van der Waals surface area contributed by atoms with Crippen LogP contribution in [0.3, 0.4) is 0 Å². The lowest BCUT2D eigenvalue weighted by atomic mass is 10.1. The number of phenols is 1. The van der Waals surface area contributed by atoms with Crippen molar-refractivity contribution in [1.82, 2.24) is 5.32 Å². The molecular formula is C20H26N2O4. The Kier molecular flexibility index (Phi) is 7.76. The summed E-state index contributed by atoms with van der Waals surface area (Å²) in [6.45, 7) is 2.01. The summed E-state index contributed by atoms with van der Waals surface area (Å²) in [5, 5.41) is 13.2. The Labute approximate surface area is 153 Å². The van der Waals surface area contributed by atoms with Gasteiger partial charge >= 0.3 is 0 Å². The molecule has 0 saturated carbocycles. The van der Waals surface area contributed by atoms with Gasteiger partial charge in [0.15, 0.2) is 11.5 Å². The second-order valence-corrected chi connectivity index (χ2v) is 6.00. The molecule has 0 heterocycles. The Morgan fingerprint density at radius 3 is 2.73 bits per heavy atom. The average molecular weight is 358 g/mol. The lowest BCUT2D eigenvalue weighted by Gasteiger charge is -2.10. The zero-order valence-electron chi connectivity index (χ0n) is 15.0. The van der Waals surface area contributed by atoms with Crippen LogP contribution in [0.2, 0.25) is 0 Å². The van der Waals surface area contributed by atoms with Crippen LogP contribution in [0.4, 0.5) is 0 Å². The second-order valence-electron chi connectivity index (χ2n) is 6.00. The number of ether oxygens (including phenoxy) is 2. The molecular weight excluding hydrogens is 332 g/mol. The third-order valence-electron chi connectivity index (χ3n) is 3.89. The highest BCUT2D eigenvalue weighted by Gasteiger charge is 2.05. The largest absolute Gasteiger partial charge is 0.504 e. The molecule has 2 aromatic rings. The summed E-state index contributed by atoms with van der Waals surface area (Å²) in [5.41, 5.74) is 7.05. The molecule has 0 saturated heterocycles. The lowest BCUT2D eigenvalue weighted by molar-refractivity contribution is -0.117. The van der Waals surface area contributed by atoms with Crippen LogP contribution in [-0.4, -0.2) is 37.8 Å². The van der Waals surface area contributed by atoms with Crippen molar-refractivity contribution in [2.24, 2.45) is 5.73 Å². The first kappa shape index (κ1) is 19.6. The van der Waals surface area contributed by atoms with E-state index in [2.05, 4.69) is 11.4 Å². The molecule has 0 aliphatic carbocycles. The van der Waals surface area contributed by atoms with Crippen LogP contribution >= 0.6 is 0 Å². The van der Waals surface area contributed by atoms with Gasteiger partial charge in [0.1, 0.15) is 12.4 Å². The average Bonchev–Trinajstić information content (AvgIpc) is 2.62. The van der Waals surface area contributed by atoms with Gasteiger partial charge in [-0.3, -0.25) is 4.79 Å². The molecule has 1 amide bonds. The number of carbonyl (C=O) groups is 1. The van der Waals surface area contributed by atoms with Crippen LogP contribution in [0.25, 0.3) is 0 Å². The van der Waals surface area contributed by atoms with E-state index in [9.17, 15) is 9.90 Å². The van der Waals surface area contributed by atoms with Crippen molar-refractivity contribution in [3.63, 3.8) is 0 Å². The highest BCUT2D eigenvalue weighted by Crippen LogP contribution is 2.26. The van der Waals surface area contributed by atoms with Crippen molar-refractivity contribution in [2.45, 2.75) is 19.3 Å². The third kappa shape index (κ3) is 6.64. The fourth-order valence-electron chi connectivity index (χ4n) is 2.60. The van der Waals surface area contributed by atoms with E-state index in [-0.39, 0.29) is 12.2 Å². The van der Waals surface area contributed by atoms with Gasteiger partial charge < -0.3 is 25.6 Å².